The minimum atomic E-state index is -3.84. The molecule has 0 bridgehead atoms. The summed E-state index contributed by atoms with van der Waals surface area (Å²) < 4.78 is 33.1. The molecular weight excluding hydrogens is 340 g/mol. The summed E-state index contributed by atoms with van der Waals surface area (Å²) in [6, 6.07) is -2.50. The first kappa shape index (κ1) is 18.7. The van der Waals surface area contributed by atoms with Crippen LogP contribution in [0.3, 0.4) is 0 Å². The van der Waals surface area contributed by atoms with Crippen LogP contribution in [-0.4, -0.2) is 60.2 Å². The minimum Gasteiger partial charge on any atom is -0.427 e. The lowest BCUT2D eigenvalue weighted by Crippen LogP contribution is -2.70. The molecule has 2 aliphatic rings. The summed E-state index contributed by atoms with van der Waals surface area (Å²) in [6.07, 6.45) is 0. The number of carbonyl (C=O) groups is 3. The van der Waals surface area contributed by atoms with Gasteiger partial charge in [-0.25, -0.2) is 13.2 Å². The average Bonchev–Trinajstić information content (AvgIpc) is 2.58. The second-order valence-corrected chi connectivity index (χ2v) is 10.1. The summed E-state index contributed by atoms with van der Waals surface area (Å²) in [5.41, 5.74) is 4.79. The predicted molar refractivity (Wildman–Crippen MR) is 81.9 cm³/mol. The summed E-state index contributed by atoms with van der Waals surface area (Å²) >= 11 is 0. The molecule has 2 rings (SSSR count). The molecule has 0 aromatic carbocycles. The van der Waals surface area contributed by atoms with E-state index in [0.29, 0.717) is 0 Å². The molecule has 0 unspecified atom stereocenters. The molecule has 2 N–H and O–H groups in total. The second kappa shape index (κ2) is 5.41. The third kappa shape index (κ3) is 2.48. The molecule has 2 heterocycles. The number of ether oxygens (including phenoxy) is 2. The zero-order chi connectivity index (χ0) is 18.7. The van der Waals surface area contributed by atoms with Crippen molar-refractivity contribution < 1.29 is 32.3 Å². The average molecular weight is 362 g/mol. The van der Waals surface area contributed by atoms with Crippen molar-refractivity contribution in [3.05, 3.63) is 0 Å². The van der Waals surface area contributed by atoms with Gasteiger partial charge in [0, 0.05) is 0 Å². The minimum absolute atomic E-state index is 0.575. The fourth-order valence-electron chi connectivity index (χ4n) is 2.76. The first-order valence-electron chi connectivity index (χ1n) is 7.39. The lowest BCUT2D eigenvalue weighted by atomic mass is 9.96. The van der Waals surface area contributed by atoms with Gasteiger partial charge in [-0.3, -0.25) is 9.59 Å². The van der Waals surface area contributed by atoms with Gasteiger partial charge < -0.3 is 20.1 Å². The molecule has 1 amide bonds. The number of β-lactam (4-membered cyclic amide) rings is 1. The van der Waals surface area contributed by atoms with Gasteiger partial charge in [-0.05, 0) is 34.6 Å². The maximum atomic E-state index is 12.5. The number of nitrogens with two attached hydrogens (primary N) is 1. The van der Waals surface area contributed by atoms with Crippen LogP contribution in [0.1, 0.15) is 34.6 Å². The molecule has 0 saturated carbocycles. The van der Waals surface area contributed by atoms with Crippen molar-refractivity contribution >= 4 is 27.7 Å². The highest BCUT2D eigenvalue weighted by molar-refractivity contribution is 7.94. The number of fused-ring (bicyclic) bond motifs is 1. The van der Waals surface area contributed by atoms with Crippen molar-refractivity contribution in [3.63, 3.8) is 0 Å². The van der Waals surface area contributed by atoms with Crippen molar-refractivity contribution in [1.29, 1.82) is 0 Å². The highest BCUT2D eigenvalue weighted by atomic mass is 32.2. The Labute approximate surface area is 140 Å². The third-order valence-corrected chi connectivity index (χ3v) is 7.18. The zero-order valence-electron chi connectivity index (χ0n) is 14.2. The Morgan fingerprint density at radius 2 is 1.79 bits per heavy atom. The number of hydrogen-bond donors (Lipinski definition) is 1. The van der Waals surface area contributed by atoms with Gasteiger partial charge in [0.25, 0.3) is 0 Å². The van der Waals surface area contributed by atoms with Crippen molar-refractivity contribution in [1.82, 2.24) is 4.90 Å². The van der Waals surface area contributed by atoms with E-state index in [-0.39, 0.29) is 0 Å². The van der Waals surface area contributed by atoms with Gasteiger partial charge in [0.1, 0.15) is 16.8 Å². The monoisotopic (exact) mass is 362 g/mol. The molecule has 0 aromatic rings. The molecule has 136 valence electrons. The molecule has 10 heteroatoms. The number of amides is 1. The van der Waals surface area contributed by atoms with Gasteiger partial charge >= 0.3 is 11.9 Å². The van der Waals surface area contributed by atoms with Crippen LogP contribution in [0.5, 0.6) is 0 Å². The second-order valence-electron chi connectivity index (χ2n) is 7.48. The third-order valence-electron chi connectivity index (χ3n) is 4.34. The van der Waals surface area contributed by atoms with Crippen LogP contribution in [0, 0.1) is 5.41 Å². The van der Waals surface area contributed by atoms with E-state index in [9.17, 15) is 22.8 Å². The van der Waals surface area contributed by atoms with Gasteiger partial charge in [-0.1, -0.05) is 0 Å². The molecule has 0 spiro atoms. The highest BCUT2D eigenvalue weighted by Crippen LogP contribution is 2.45. The van der Waals surface area contributed by atoms with Crippen LogP contribution in [-0.2, 0) is 33.7 Å². The maximum absolute atomic E-state index is 12.5. The van der Waals surface area contributed by atoms with Crippen molar-refractivity contribution in [3.8, 4) is 0 Å². The Bertz CT molecular complexity index is 692. The summed E-state index contributed by atoms with van der Waals surface area (Å²) in [5, 5.41) is -1.23. The van der Waals surface area contributed by atoms with Crippen molar-refractivity contribution in [2.24, 2.45) is 11.1 Å². The fourth-order valence-corrected chi connectivity index (χ4v) is 4.93. The first-order chi connectivity index (χ1) is 10.7. The Kier molecular flexibility index (Phi) is 4.21. The summed E-state index contributed by atoms with van der Waals surface area (Å²) in [4.78, 5) is 36.8. The lowest BCUT2D eigenvalue weighted by molar-refractivity contribution is -0.179. The van der Waals surface area contributed by atoms with E-state index in [1.807, 2.05) is 0 Å². The van der Waals surface area contributed by atoms with Crippen LogP contribution in [0.25, 0.3) is 0 Å². The summed E-state index contributed by atoms with van der Waals surface area (Å²) in [7, 11) is -3.84. The highest BCUT2D eigenvalue weighted by Gasteiger charge is 2.71. The number of esters is 2. The smallest absolute Gasteiger partial charge is 0.333 e. The fraction of sp³-hybridized carbons (Fsp3) is 0.786. The molecule has 2 fully saturated rings. The number of carbonyl (C=O) groups excluding carboxylic acids is 3. The number of nitrogens with zero attached hydrogens (tertiary/aromatic N) is 1. The Hall–Kier alpha value is -1.68. The van der Waals surface area contributed by atoms with Gasteiger partial charge in [-0.15, -0.1) is 0 Å². The van der Waals surface area contributed by atoms with Gasteiger partial charge in [-0.2, -0.15) is 0 Å². The number of sulfone groups is 1. The summed E-state index contributed by atoms with van der Waals surface area (Å²) in [6.45, 7) is 6.93. The van der Waals surface area contributed by atoms with Crippen LogP contribution < -0.4 is 5.73 Å². The van der Waals surface area contributed by atoms with Crippen LogP contribution >= 0.6 is 0 Å². The van der Waals surface area contributed by atoms with E-state index in [1.165, 1.54) is 13.8 Å². The molecule has 2 aliphatic heterocycles. The van der Waals surface area contributed by atoms with Crippen LogP contribution in [0.2, 0.25) is 0 Å². The molecule has 0 aliphatic carbocycles. The van der Waals surface area contributed by atoms with Crippen LogP contribution in [0.4, 0.5) is 0 Å². The normalized spacial score (nSPS) is 30.3. The quantitative estimate of drug-likeness (QED) is 0.390. The van der Waals surface area contributed by atoms with Gasteiger partial charge in [0.05, 0.1) is 5.41 Å². The van der Waals surface area contributed by atoms with Gasteiger partial charge in [0.2, 0.25) is 12.7 Å². The molecule has 24 heavy (non-hydrogen) atoms. The summed E-state index contributed by atoms with van der Waals surface area (Å²) in [5.74, 6) is -2.15. The van der Waals surface area contributed by atoms with E-state index in [0.717, 1.165) is 4.90 Å². The molecule has 9 nitrogen and oxygen atoms in total. The standard InChI is InChI=1S/C14H22N2O7S/c1-13(2,3)12(19)23-6-22-11(18)8-14(4,5)24(20,21)10-7(15)9(17)16(8)10/h7-8,10H,6,15H2,1-5H3/t7-,8-,10+/m0/s1. The van der Waals surface area contributed by atoms with Gasteiger partial charge in [0.15, 0.2) is 15.2 Å². The van der Waals surface area contributed by atoms with Crippen molar-refractivity contribution in [2.75, 3.05) is 6.79 Å². The number of hydrogen-bond acceptors (Lipinski definition) is 8. The Balaban J connectivity index is 2.12. The Morgan fingerprint density at radius 3 is 2.29 bits per heavy atom. The van der Waals surface area contributed by atoms with E-state index in [4.69, 9.17) is 15.2 Å². The molecule has 2 saturated heterocycles. The van der Waals surface area contributed by atoms with Crippen LogP contribution in [0.15, 0.2) is 0 Å². The van der Waals surface area contributed by atoms with E-state index < -0.39 is 62.1 Å². The predicted octanol–water partition coefficient (Wildman–Crippen LogP) is -0.852. The SMILES string of the molecule is CC(C)(C)C(=O)OCOC(=O)[C@@H]1N2C(=O)[C@H](N)[C@H]2S(=O)(=O)C1(C)C. The topological polar surface area (TPSA) is 133 Å². The maximum Gasteiger partial charge on any atom is 0.333 e. The molecular formula is C14H22N2O7S. The first-order valence-corrected chi connectivity index (χ1v) is 8.94. The molecule has 0 radical (unpaired) electrons. The van der Waals surface area contributed by atoms with E-state index in [2.05, 4.69) is 0 Å². The Morgan fingerprint density at radius 1 is 1.25 bits per heavy atom. The van der Waals surface area contributed by atoms with Crippen molar-refractivity contribution in [2.45, 2.75) is 56.8 Å². The largest absolute Gasteiger partial charge is 0.427 e. The van der Waals surface area contributed by atoms with E-state index >= 15 is 0 Å². The number of rotatable bonds is 3. The molecule has 3 atom stereocenters. The van der Waals surface area contributed by atoms with E-state index in [1.54, 1.807) is 20.8 Å². The lowest BCUT2D eigenvalue weighted by Gasteiger charge is -2.40. The zero-order valence-corrected chi connectivity index (χ0v) is 15.0. The molecule has 0 aromatic heterocycles.